The molecule has 0 aliphatic rings. The Kier molecular flexibility index (Phi) is 4.45. The molecule has 1 heterocycles. The minimum atomic E-state index is -0.300. The Bertz CT molecular complexity index is 344. The molecule has 15 heavy (non-hydrogen) atoms. The van der Waals surface area contributed by atoms with Gasteiger partial charge in [0.15, 0.2) is 0 Å². The molecule has 0 radical (unpaired) electrons. The van der Waals surface area contributed by atoms with E-state index in [0.717, 1.165) is 0 Å². The lowest BCUT2D eigenvalue weighted by Gasteiger charge is -2.07. The molecule has 82 valence electrons. The first kappa shape index (κ1) is 11.9. The highest BCUT2D eigenvalue weighted by molar-refractivity contribution is 6.29. The largest absolute Gasteiger partial charge is 0.369 e. The molecule has 0 fully saturated rings. The van der Waals surface area contributed by atoms with Gasteiger partial charge < -0.3 is 4.74 Å². The molecule has 1 amide bonds. The van der Waals surface area contributed by atoms with E-state index in [-0.39, 0.29) is 29.7 Å². The van der Waals surface area contributed by atoms with Crippen molar-refractivity contribution in [2.45, 2.75) is 20.0 Å². The molecule has 1 aromatic heterocycles. The van der Waals surface area contributed by atoms with Crippen LogP contribution in [0.25, 0.3) is 0 Å². The number of halogens is 1. The van der Waals surface area contributed by atoms with Gasteiger partial charge in [-0.05, 0) is 19.9 Å². The van der Waals surface area contributed by atoms with Gasteiger partial charge in [-0.2, -0.15) is 0 Å². The van der Waals surface area contributed by atoms with Gasteiger partial charge >= 0.3 is 0 Å². The van der Waals surface area contributed by atoms with Gasteiger partial charge in [0.1, 0.15) is 11.8 Å². The topological polar surface area (TPSA) is 64.1 Å². The van der Waals surface area contributed by atoms with Crippen molar-refractivity contribution in [1.82, 2.24) is 9.97 Å². The summed E-state index contributed by atoms with van der Waals surface area (Å²) in [6.45, 7) is 3.68. The maximum Gasteiger partial charge on any atom is 0.252 e. The fourth-order valence-electron chi connectivity index (χ4n) is 0.800. The van der Waals surface area contributed by atoms with Crippen LogP contribution in [0.2, 0.25) is 5.15 Å². The molecule has 0 aliphatic heterocycles. The van der Waals surface area contributed by atoms with E-state index in [1.807, 2.05) is 13.8 Å². The first-order valence-corrected chi connectivity index (χ1v) is 4.85. The van der Waals surface area contributed by atoms with Crippen LogP contribution in [0.1, 0.15) is 13.8 Å². The lowest BCUT2D eigenvalue weighted by molar-refractivity contribution is -0.122. The van der Waals surface area contributed by atoms with E-state index in [1.165, 1.54) is 12.3 Å². The van der Waals surface area contributed by atoms with Crippen LogP contribution in [0.3, 0.4) is 0 Å². The number of amides is 1. The first-order chi connectivity index (χ1) is 7.08. The molecule has 1 rings (SSSR count). The van der Waals surface area contributed by atoms with E-state index in [1.54, 1.807) is 0 Å². The van der Waals surface area contributed by atoms with Crippen LogP contribution in [0.15, 0.2) is 12.3 Å². The Hall–Kier alpha value is -1.20. The second kappa shape index (κ2) is 5.63. The number of carbonyl (C=O) groups is 1. The van der Waals surface area contributed by atoms with Crippen molar-refractivity contribution in [1.29, 1.82) is 0 Å². The van der Waals surface area contributed by atoms with Crippen molar-refractivity contribution in [3.8, 4) is 0 Å². The van der Waals surface area contributed by atoms with Gasteiger partial charge in [-0.1, -0.05) is 11.6 Å². The molecule has 5 nitrogen and oxygen atoms in total. The number of rotatable bonds is 4. The highest BCUT2D eigenvalue weighted by Crippen LogP contribution is 2.05. The third-order valence-electron chi connectivity index (χ3n) is 1.42. The zero-order valence-corrected chi connectivity index (χ0v) is 9.28. The molecule has 0 saturated carbocycles. The summed E-state index contributed by atoms with van der Waals surface area (Å²) in [7, 11) is 0. The summed E-state index contributed by atoms with van der Waals surface area (Å²) in [6.07, 6.45) is 1.48. The Morgan fingerprint density at radius 2 is 2.40 bits per heavy atom. The van der Waals surface area contributed by atoms with Gasteiger partial charge in [0, 0.05) is 6.20 Å². The van der Waals surface area contributed by atoms with Gasteiger partial charge in [0.2, 0.25) is 5.95 Å². The van der Waals surface area contributed by atoms with Crippen molar-refractivity contribution in [2.75, 3.05) is 11.9 Å². The van der Waals surface area contributed by atoms with E-state index < -0.39 is 0 Å². The normalized spacial score (nSPS) is 10.4. The molecular formula is C9H12ClN3O2. The smallest absolute Gasteiger partial charge is 0.252 e. The van der Waals surface area contributed by atoms with Crippen LogP contribution >= 0.6 is 11.6 Å². The number of aromatic nitrogens is 2. The lowest BCUT2D eigenvalue weighted by Crippen LogP contribution is -2.21. The molecule has 1 aromatic rings. The number of hydrogen-bond donors (Lipinski definition) is 1. The van der Waals surface area contributed by atoms with Crippen LogP contribution in [0.5, 0.6) is 0 Å². The number of nitrogens with zero attached hydrogens (tertiary/aromatic N) is 2. The Morgan fingerprint density at radius 1 is 1.67 bits per heavy atom. The molecule has 0 atom stereocenters. The van der Waals surface area contributed by atoms with E-state index in [0.29, 0.717) is 0 Å². The van der Waals surface area contributed by atoms with Crippen LogP contribution < -0.4 is 5.32 Å². The van der Waals surface area contributed by atoms with Gasteiger partial charge in [-0.25, -0.2) is 9.97 Å². The van der Waals surface area contributed by atoms with E-state index in [4.69, 9.17) is 16.3 Å². The third kappa shape index (κ3) is 4.71. The van der Waals surface area contributed by atoms with Crippen molar-refractivity contribution >= 4 is 23.5 Å². The number of ether oxygens (including phenoxy) is 1. The SMILES string of the molecule is CC(C)OCC(=O)Nc1nccc(Cl)n1. The van der Waals surface area contributed by atoms with E-state index in [9.17, 15) is 4.79 Å². The molecule has 1 N–H and O–H groups in total. The predicted molar refractivity (Wildman–Crippen MR) is 56.8 cm³/mol. The molecule has 0 spiro atoms. The van der Waals surface area contributed by atoms with E-state index >= 15 is 0 Å². The fraction of sp³-hybridized carbons (Fsp3) is 0.444. The summed E-state index contributed by atoms with van der Waals surface area (Å²) >= 11 is 5.62. The second-order valence-electron chi connectivity index (χ2n) is 3.11. The summed E-state index contributed by atoms with van der Waals surface area (Å²) < 4.78 is 5.11. The van der Waals surface area contributed by atoms with Crippen molar-refractivity contribution < 1.29 is 9.53 Å². The van der Waals surface area contributed by atoms with Crippen LogP contribution in [-0.2, 0) is 9.53 Å². The Labute approximate surface area is 92.8 Å². The summed E-state index contributed by atoms with van der Waals surface area (Å²) in [5, 5.41) is 2.75. The molecule has 0 aliphatic carbocycles. The minimum Gasteiger partial charge on any atom is -0.369 e. The monoisotopic (exact) mass is 229 g/mol. The summed E-state index contributed by atoms with van der Waals surface area (Å²) in [5.41, 5.74) is 0. The quantitative estimate of drug-likeness (QED) is 0.795. The molecule has 0 unspecified atom stereocenters. The highest BCUT2D eigenvalue weighted by Gasteiger charge is 2.05. The average Bonchev–Trinajstić information content (AvgIpc) is 2.15. The molecule has 0 aromatic carbocycles. The van der Waals surface area contributed by atoms with Crippen molar-refractivity contribution in [3.63, 3.8) is 0 Å². The second-order valence-corrected chi connectivity index (χ2v) is 3.50. The summed E-state index contributed by atoms with van der Waals surface area (Å²) in [5.74, 6) is -0.120. The lowest BCUT2D eigenvalue weighted by atomic mass is 10.5. The van der Waals surface area contributed by atoms with Crippen molar-refractivity contribution in [2.24, 2.45) is 0 Å². The Balaban J connectivity index is 2.44. The Morgan fingerprint density at radius 3 is 3.00 bits per heavy atom. The number of anilines is 1. The zero-order valence-electron chi connectivity index (χ0n) is 8.53. The van der Waals surface area contributed by atoms with Crippen LogP contribution in [0, 0.1) is 0 Å². The molecule has 6 heteroatoms. The van der Waals surface area contributed by atoms with Gasteiger partial charge in [0.05, 0.1) is 6.10 Å². The summed E-state index contributed by atoms with van der Waals surface area (Å²) in [4.78, 5) is 18.9. The fourth-order valence-corrected chi connectivity index (χ4v) is 0.936. The zero-order chi connectivity index (χ0) is 11.3. The number of hydrogen-bond acceptors (Lipinski definition) is 4. The average molecular weight is 230 g/mol. The third-order valence-corrected chi connectivity index (χ3v) is 1.63. The highest BCUT2D eigenvalue weighted by atomic mass is 35.5. The molecule has 0 saturated heterocycles. The van der Waals surface area contributed by atoms with Crippen molar-refractivity contribution in [3.05, 3.63) is 17.4 Å². The van der Waals surface area contributed by atoms with Crippen LogP contribution in [-0.4, -0.2) is 28.6 Å². The summed E-state index contributed by atoms with van der Waals surface area (Å²) in [6, 6.07) is 1.53. The first-order valence-electron chi connectivity index (χ1n) is 4.48. The molecule has 0 bridgehead atoms. The maximum absolute atomic E-state index is 11.3. The standard InChI is InChI=1S/C9H12ClN3O2/c1-6(2)15-5-8(14)13-9-11-4-3-7(10)12-9/h3-4,6H,5H2,1-2H3,(H,11,12,13,14). The predicted octanol–water partition coefficient (Wildman–Crippen LogP) is 1.49. The van der Waals surface area contributed by atoms with Gasteiger partial charge in [0.25, 0.3) is 5.91 Å². The van der Waals surface area contributed by atoms with Crippen LogP contribution in [0.4, 0.5) is 5.95 Å². The maximum atomic E-state index is 11.3. The van der Waals surface area contributed by atoms with Gasteiger partial charge in [-0.15, -0.1) is 0 Å². The van der Waals surface area contributed by atoms with Gasteiger partial charge in [-0.3, -0.25) is 10.1 Å². The minimum absolute atomic E-state index is 0.0102. The van der Waals surface area contributed by atoms with E-state index in [2.05, 4.69) is 15.3 Å². The molecular weight excluding hydrogens is 218 g/mol. The number of carbonyl (C=O) groups excluding carboxylic acids is 1. The number of nitrogens with one attached hydrogen (secondary N) is 1.